The van der Waals surface area contributed by atoms with Crippen LogP contribution in [0.3, 0.4) is 0 Å². The molecule has 0 saturated carbocycles. The van der Waals surface area contributed by atoms with Gasteiger partial charge in [-0.15, -0.1) is 0 Å². The second-order valence-corrected chi connectivity index (χ2v) is 2.20. The Kier molecular flexibility index (Phi) is 1.42. The van der Waals surface area contributed by atoms with Crippen LogP contribution in [0.25, 0.3) is 0 Å². The normalized spacial score (nSPS) is 18.3. The Labute approximate surface area is 55.0 Å². The van der Waals surface area contributed by atoms with E-state index in [1.807, 2.05) is 27.0 Å². The lowest BCUT2D eigenvalue weighted by molar-refractivity contribution is 0.275. The molecule has 0 radical (unpaired) electrons. The molecule has 1 aliphatic rings. The summed E-state index contributed by atoms with van der Waals surface area (Å²) in [4.78, 5) is 0. The fourth-order valence-electron chi connectivity index (χ4n) is 0.891. The van der Waals surface area contributed by atoms with E-state index in [1.54, 1.807) is 5.12 Å². The highest BCUT2D eigenvalue weighted by molar-refractivity contribution is 5.93. The molecule has 1 heterocycles. The Hall–Kier alpha value is -0.990. The number of nitrogens with one attached hydrogen (secondary N) is 1. The molecule has 0 aliphatic carbocycles. The average Bonchev–Trinajstić information content (AvgIpc) is 1.59. The van der Waals surface area contributed by atoms with E-state index < -0.39 is 0 Å². The van der Waals surface area contributed by atoms with Gasteiger partial charge < -0.3 is 0 Å². The van der Waals surface area contributed by atoms with Crippen molar-refractivity contribution >= 4 is 5.71 Å². The van der Waals surface area contributed by atoms with Gasteiger partial charge in [0.15, 0.2) is 0 Å². The lowest BCUT2D eigenvalue weighted by atomic mass is 10.3. The topological polar surface area (TPSA) is 27.6 Å². The van der Waals surface area contributed by atoms with Crippen LogP contribution in [0.4, 0.5) is 0 Å². The summed E-state index contributed by atoms with van der Waals surface area (Å²) in [5.41, 5.74) is 5.18. The highest BCUT2D eigenvalue weighted by Gasteiger charge is 1.99. The Morgan fingerprint density at radius 2 is 2.22 bits per heavy atom. The van der Waals surface area contributed by atoms with Crippen molar-refractivity contribution in [3.63, 3.8) is 0 Å². The molecule has 0 spiro atoms. The maximum Gasteiger partial charge on any atom is 0.0612 e. The molecule has 0 fully saturated rings. The monoisotopic (exact) mass is 125 g/mol. The van der Waals surface area contributed by atoms with Gasteiger partial charge in [-0.2, -0.15) is 5.10 Å². The van der Waals surface area contributed by atoms with Gasteiger partial charge in [-0.3, -0.25) is 5.43 Å². The van der Waals surface area contributed by atoms with Crippen molar-refractivity contribution in [1.29, 1.82) is 0 Å². The summed E-state index contributed by atoms with van der Waals surface area (Å²) in [6.45, 7) is 3.98. The van der Waals surface area contributed by atoms with Crippen molar-refractivity contribution in [3.8, 4) is 0 Å². The minimum absolute atomic E-state index is 1.04. The first-order chi connectivity index (χ1) is 4.18. The second kappa shape index (κ2) is 2.09. The molecule has 9 heavy (non-hydrogen) atoms. The van der Waals surface area contributed by atoms with E-state index in [4.69, 9.17) is 0 Å². The fourth-order valence-corrected chi connectivity index (χ4v) is 0.891. The maximum atomic E-state index is 4.10. The third-order valence-corrected chi connectivity index (χ3v) is 1.07. The van der Waals surface area contributed by atoms with E-state index in [9.17, 15) is 0 Å². The van der Waals surface area contributed by atoms with Crippen molar-refractivity contribution in [2.75, 3.05) is 7.05 Å². The van der Waals surface area contributed by atoms with Crippen LogP contribution in [0.2, 0.25) is 0 Å². The largest absolute Gasteiger partial charge is 0.287 e. The predicted octanol–water partition coefficient (Wildman–Crippen LogP) is 0.716. The minimum Gasteiger partial charge on any atom is -0.287 e. The van der Waals surface area contributed by atoms with Gasteiger partial charge >= 0.3 is 0 Å². The van der Waals surface area contributed by atoms with E-state index in [0.29, 0.717) is 0 Å². The zero-order chi connectivity index (χ0) is 6.85. The molecule has 1 N–H and O–H groups in total. The van der Waals surface area contributed by atoms with E-state index in [1.165, 1.54) is 0 Å². The highest BCUT2D eigenvalue weighted by atomic mass is 15.7. The van der Waals surface area contributed by atoms with Crippen LogP contribution in [0.5, 0.6) is 0 Å². The smallest absolute Gasteiger partial charge is 0.0612 e. The molecule has 0 aromatic carbocycles. The summed E-state index contributed by atoms with van der Waals surface area (Å²) in [6.07, 6.45) is 2.00. The van der Waals surface area contributed by atoms with Gasteiger partial charge in [-0.1, -0.05) is 0 Å². The van der Waals surface area contributed by atoms with Gasteiger partial charge in [0.05, 0.1) is 5.71 Å². The van der Waals surface area contributed by atoms with Crippen LogP contribution < -0.4 is 5.43 Å². The Balaban J connectivity index is 2.74. The molecule has 0 unspecified atom stereocenters. The highest BCUT2D eigenvalue weighted by Crippen LogP contribution is 1.97. The Bertz CT molecular complexity index is 169. The number of allylic oxidation sites excluding steroid dienone is 2. The number of rotatable bonds is 0. The average molecular weight is 125 g/mol. The van der Waals surface area contributed by atoms with Crippen LogP contribution in [-0.4, -0.2) is 17.9 Å². The van der Waals surface area contributed by atoms with Crippen molar-refractivity contribution in [2.45, 2.75) is 13.8 Å². The fraction of sp³-hybridized carbons (Fsp3) is 0.500. The third kappa shape index (κ3) is 1.45. The molecule has 0 aromatic rings. The van der Waals surface area contributed by atoms with E-state index in [-0.39, 0.29) is 0 Å². The quantitative estimate of drug-likeness (QED) is 0.516. The number of hydrogen-bond acceptors (Lipinski definition) is 3. The molecule has 50 valence electrons. The third-order valence-electron chi connectivity index (χ3n) is 1.07. The predicted molar refractivity (Wildman–Crippen MR) is 37.8 cm³/mol. The summed E-state index contributed by atoms with van der Waals surface area (Å²) in [5, 5.41) is 5.79. The molecular formula is C6H11N3. The van der Waals surface area contributed by atoms with Gasteiger partial charge in [0.1, 0.15) is 0 Å². The van der Waals surface area contributed by atoms with Crippen LogP contribution in [0, 0.1) is 0 Å². The van der Waals surface area contributed by atoms with Crippen LogP contribution in [-0.2, 0) is 0 Å². The zero-order valence-corrected chi connectivity index (χ0v) is 5.97. The van der Waals surface area contributed by atoms with Crippen molar-refractivity contribution in [2.24, 2.45) is 5.10 Å². The van der Waals surface area contributed by atoms with E-state index in [0.717, 1.165) is 11.4 Å². The summed E-state index contributed by atoms with van der Waals surface area (Å²) >= 11 is 0. The van der Waals surface area contributed by atoms with Crippen LogP contribution in [0.1, 0.15) is 13.8 Å². The molecule has 1 aliphatic heterocycles. The van der Waals surface area contributed by atoms with E-state index >= 15 is 0 Å². The molecule has 3 nitrogen and oxygen atoms in total. The van der Waals surface area contributed by atoms with Crippen molar-refractivity contribution in [1.82, 2.24) is 10.5 Å². The summed E-state index contributed by atoms with van der Waals surface area (Å²) in [6, 6.07) is 0. The van der Waals surface area contributed by atoms with Gasteiger partial charge in [-0.05, 0) is 19.9 Å². The van der Waals surface area contributed by atoms with E-state index in [2.05, 4.69) is 10.5 Å². The molecule has 0 amide bonds. The van der Waals surface area contributed by atoms with Crippen LogP contribution in [0.15, 0.2) is 16.9 Å². The molecule has 0 bridgehead atoms. The summed E-state index contributed by atoms with van der Waals surface area (Å²) < 4.78 is 0. The van der Waals surface area contributed by atoms with Gasteiger partial charge in [0, 0.05) is 12.7 Å². The standard InChI is InChI=1S/C6H11N3/c1-5-4-6(2)8-9(3)7-5/h4,7H,1-3H3. The molecule has 3 heteroatoms. The van der Waals surface area contributed by atoms with Crippen molar-refractivity contribution in [3.05, 3.63) is 11.8 Å². The first kappa shape index (κ1) is 6.13. The van der Waals surface area contributed by atoms with Crippen molar-refractivity contribution < 1.29 is 0 Å². The summed E-state index contributed by atoms with van der Waals surface area (Å²) in [7, 11) is 1.88. The first-order valence-corrected chi connectivity index (χ1v) is 2.92. The molecule has 0 atom stereocenters. The molecule has 0 saturated heterocycles. The SMILES string of the molecule is CC1=CC(C)=NN(C)N1. The Morgan fingerprint density at radius 3 is 2.67 bits per heavy atom. The van der Waals surface area contributed by atoms with Gasteiger partial charge in [-0.25, -0.2) is 5.12 Å². The summed E-state index contributed by atoms with van der Waals surface area (Å²) in [5.74, 6) is 0. The zero-order valence-electron chi connectivity index (χ0n) is 5.97. The number of nitrogens with zero attached hydrogens (tertiary/aromatic N) is 2. The second-order valence-electron chi connectivity index (χ2n) is 2.20. The van der Waals surface area contributed by atoms with Crippen LogP contribution >= 0.6 is 0 Å². The molecule has 0 aromatic heterocycles. The van der Waals surface area contributed by atoms with Gasteiger partial charge in [0.2, 0.25) is 0 Å². The molecule has 1 rings (SSSR count). The number of hydrazone groups is 1. The minimum atomic E-state index is 1.04. The lowest BCUT2D eigenvalue weighted by Crippen LogP contribution is -2.31. The lowest BCUT2D eigenvalue weighted by Gasteiger charge is -2.20. The number of hydrogen-bond donors (Lipinski definition) is 1. The molecular weight excluding hydrogens is 114 g/mol. The maximum absolute atomic E-state index is 4.10. The number of hydrazine groups is 1. The Morgan fingerprint density at radius 1 is 1.56 bits per heavy atom. The van der Waals surface area contributed by atoms with Gasteiger partial charge in [0.25, 0.3) is 0 Å². The first-order valence-electron chi connectivity index (χ1n) is 2.92.